The summed E-state index contributed by atoms with van der Waals surface area (Å²) >= 11 is 1.89. The highest BCUT2D eigenvalue weighted by molar-refractivity contribution is 14.1. The Morgan fingerprint density at radius 2 is 2.33 bits per heavy atom. The van der Waals surface area contributed by atoms with E-state index in [1.807, 2.05) is 41.4 Å². The molecule has 0 aliphatic carbocycles. The third-order valence-corrected chi connectivity index (χ3v) is 2.40. The smallest absolute Gasteiger partial charge is 0.192 e. The normalized spacial score (nSPS) is 14.1. The van der Waals surface area contributed by atoms with E-state index in [1.165, 1.54) is 5.56 Å². The van der Waals surface area contributed by atoms with E-state index < -0.39 is 0 Å². The van der Waals surface area contributed by atoms with Gasteiger partial charge in [0.25, 0.3) is 0 Å². The van der Waals surface area contributed by atoms with Gasteiger partial charge in [0, 0.05) is 6.21 Å². The van der Waals surface area contributed by atoms with Crippen molar-refractivity contribution in [1.82, 2.24) is 0 Å². The Hall–Kier alpha value is -0.580. The Kier molecular flexibility index (Phi) is 2.30. The molecule has 0 saturated heterocycles. The number of aliphatic imine (C=N–C) groups is 1. The Balaban J connectivity index is 2.54. The lowest BCUT2D eigenvalue weighted by molar-refractivity contribution is 0.715. The van der Waals surface area contributed by atoms with Crippen molar-refractivity contribution >= 4 is 34.9 Å². The molecule has 0 bridgehead atoms. The van der Waals surface area contributed by atoms with Crippen LogP contribution in [0.1, 0.15) is 12.0 Å². The molecule has 1 aromatic rings. The summed E-state index contributed by atoms with van der Waals surface area (Å²) in [6.07, 6.45) is 4.06. The van der Waals surface area contributed by atoms with Gasteiger partial charge in [-0.1, -0.05) is 12.1 Å². The first kappa shape index (κ1) is 8.04. The van der Waals surface area contributed by atoms with Crippen molar-refractivity contribution in [3.05, 3.63) is 23.8 Å². The molecule has 0 unspecified atom stereocenters. The fourth-order valence-corrected chi connectivity index (χ4v) is 1.71. The van der Waals surface area contributed by atoms with Crippen LogP contribution in [-0.2, 0) is 6.42 Å². The van der Waals surface area contributed by atoms with Gasteiger partial charge in [-0.2, -0.15) is 0 Å². The summed E-state index contributed by atoms with van der Waals surface area (Å²) in [5.74, 6) is 0.865. The molecule has 0 atom stereocenters. The Bertz CT molecular complexity index is 322. The molecule has 0 amide bonds. The molecule has 0 saturated carbocycles. The van der Waals surface area contributed by atoms with Crippen molar-refractivity contribution in [2.24, 2.45) is 4.99 Å². The van der Waals surface area contributed by atoms with Crippen molar-refractivity contribution in [3.63, 3.8) is 0 Å². The average Bonchev–Trinajstić information content (AvgIpc) is 2.17. The maximum atomic E-state index is 5.17. The van der Waals surface area contributed by atoms with Crippen LogP contribution in [-0.4, -0.2) is 6.21 Å². The lowest BCUT2D eigenvalue weighted by Gasteiger charge is -2.11. The zero-order chi connectivity index (χ0) is 8.39. The summed E-state index contributed by atoms with van der Waals surface area (Å²) in [5, 5.41) is 0. The summed E-state index contributed by atoms with van der Waals surface area (Å²) in [7, 11) is 0. The van der Waals surface area contributed by atoms with Crippen LogP contribution in [0.2, 0.25) is 0 Å². The highest BCUT2D eigenvalue weighted by Gasteiger charge is 2.09. The number of para-hydroxylation sites is 1. The van der Waals surface area contributed by atoms with E-state index in [-0.39, 0.29) is 0 Å². The van der Waals surface area contributed by atoms with Crippen LogP contribution in [0.4, 0.5) is 5.69 Å². The lowest BCUT2D eigenvalue weighted by atomic mass is 10.1. The third kappa shape index (κ3) is 1.33. The standard InChI is InChI=1S/C9H8INO/c10-12-8-5-1-3-7-4-2-6-11-9(7)8/h1,3,5-6H,2,4H2. The van der Waals surface area contributed by atoms with Crippen molar-refractivity contribution in [2.75, 3.05) is 0 Å². The van der Waals surface area contributed by atoms with Gasteiger partial charge in [-0.15, -0.1) is 0 Å². The topological polar surface area (TPSA) is 21.6 Å². The van der Waals surface area contributed by atoms with Crippen LogP contribution < -0.4 is 3.07 Å². The van der Waals surface area contributed by atoms with Gasteiger partial charge in [-0.3, -0.25) is 4.99 Å². The van der Waals surface area contributed by atoms with Crippen molar-refractivity contribution in [2.45, 2.75) is 12.8 Å². The number of benzene rings is 1. The summed E-state index contributed by atoms with van der Waals surface area (Å²) in [5.41, 5.74) is 2.28. The molecule has 12 heavy (non-hydrogen) atoms. The first-order valence-corrected chi connectivity index (χ1v) is 4.73. The predicted octanol–water partition coefficient (Wildman–Crippen LogP) is 3.06. The van der Waals surface area contributed by atoms with Crippen LogP contribution in [0.5, 0.6) is 5.75 Å². The molecule has 2 rings (SSSR count). The predicted molar refractivity (Wildman–Crippen MR) is 57.6 cm³/mol. The molecule has 62 valence electrons. The zero-order valence-electron chi connectivity index (χ0n) is 6.46. The quantitative estimate of drug-likeness (QED) is 0.720. The number of hydrogen-bond acceptors (Lipinski definition) is 2. The second-order valence-corrected chi connectivity index (χ2v) is 3.13. The van der Waals surface area contributed by atoms with E-state index in [9.17, 15) is 0 Å². The van der Waals surface area contributed by atoms with E-state index in [4.69, 9.17) is 3.07 Å². The highest BCUT2D eigenvalue weighted by atomic mass is 127. The molecular formula is C9H8INO. The number of hydrogen-bond donors (Lipinski definition) is 0. The maximum Gasteiger partial charge on any atom is 0.192 e. The minimum absolute atomic E-state index is 0.865. The van der Waals surface area contributed by atoms with Crippen LogP contribution in [0.15, 0.2) is 23.2 Å². The van der Waals surface area contributed by atoms with Gasteiger partial charge in [-0.05, 0) is 24.5 Å². The Morgan fingerprint density at radius 3 is 3.17 bits per heavy atom. The van der Waals surface area contributed by atoms with Gasteiger partial charge in [0.2, 0.25) is 0 Å². The van der Waals surface area contributed by atoms with Crippen molar-refractivity contribution in [1.29, 1.82) is 0 Å². The van der Waals surface area contributed by atoms with E-state index in [0.717, 1.165) is 24.3 Å². The second kappa shape index (κ2) is 3.43. The number of halogens is 1. The third-order valence-electron chi connectivity index (χ3n) is 1.93. The molecular weight excluding hydrogens is 265 g/mol. The van der Waals surface area contributed by atoms with Gasteiger partial charge >= 0.3 is 0 Å². The van der Waals surface area contributed by atoms with E-state index in [0.29, 0.717) is 0 Å². The first-order chi connectivity index (χ1) is 5.92. The summed E-state index contributed by atoms with van der Waals surface area (Å²) in [6, 6.07) is 6.05. The number of rotatable bonds is 1. The molecule has 1 heterocycles. The van der Waals surface area contributed by atoms with Crippen molar-refractivity contribution < 1.29 is 3.07 Å². The summed E-state index contributed by atoms with van der Waals surface area (Å²) < 4.78 is 5.17. The molecule has 0 fully saturated rings. The maximum absolute atomic E-state index is 5.17. The van der Waals surface area contributed by atoms with Gasteiger partial charge in [0.05, 0.1) is 0 Å². The first-order valence-electron chi connectivity index (χ1n) is 3.85. The highest BCUT2D eigenvalue weighted by Crippen LogP contribution is 2.34. The van der Waals surface area contributed by atoms with Gasteiger partial charge < -0.3 is 3.07 Å². The Morgan fingerprint density at radius 1 is 1.42 bits per heavy atom. The number of nitrogens with zero attached hydrogens (tertiary/aromatic N) is 1. The molecule has 0 N–H and O–H groups in total. The zero-order valence-corrected chi connectivity index (χ0v) is 8.61. The number of fused-ring (bicyclic) bond motifs is 1. The van der Waals surface area contributed by atoms with Crippen LogP contribution in [0.3, 0.4) is 0 Å². The van der Waals surface area contributed by atoms with E-state index in [1.54, 1.807) is 0 Å². The second-order valence-electron chi connectivity index (χ2n) is 2.69. The molecule has 1 aliphatic heterocycles. The van der Waals surface area contributed by atoms with E-state index >= 15 is 0 Å². The lowest BCUT2D eigenvalue weighted by Crippen LogP contribution is -1.94. The molecule has 1 aliphatic rings. The fraction of sp³-hybridized carbons (Fsp3) is 0.222. The molecule has 3 heteroatoms. The van der Waals surface area contributed by atoms with Crippen LogP contribution >= 0.6 is 23.0 Å². The van der Waals surface area contributed by atoms with E-state index in [2.05, 4.69) is 11.1 Å². The van der Waals surface area contributed by atoms with Crippen LogP contribution in [0.25, 0.3) is 0 Å². The molecule has 1 aromatic carbocycles. The SMILES string of the molecule is IOc1cccc2c1N=CCC2. The van der Waals surface area contributed by atoms with Crippen molar-refractivity contribution in [3.8, 4) is 5.75 Å². The summed E-state index contributed by atoms with van der Waals surface area (Å²) in [4.78, 5) is 4.31. The average molecular weight is 273 g/mol. The fourth-order valence-electron chi connectivity index (χ4n) is 1.35. The molecule has 0 spiro atoms. The largest absolute Gasteiger partial charge is 0.425 e. The monoisotopic (exact) mass is 273 g/mol. The summed E-state index contributed by atoms with van der Waals surface area (Å²) in [6.45, 7) is 0. The minimum atomic E-state index is 0.865. The van der Waals surface area contributed by atoms with Gasteiger partial charge in [0.1, 0.15) is 5.69 Å². The van der Waals surface area contributed by atoms with Crippen LogP contribution in [0, 0.1) is 0 Å². The van der Waals surface area contributed by atoms with Gasteiger partial charge in [0.15, 0.2) is 28.8 Å². The minimum Gasteiger partial charge on any atom is -0.425 e. The molecule has 2 nitrogen and oxygen atoms in total. The Labute approximate surface area is 85.3 Å². The molecule has 0 aromatic heterocycles. The van der Waals surface area contributed by atoms with Gasteiger partial charge in [-0.25, -0.2) is 0 Å². The number of aryl methyl sites for hydroxylation is 1. The molecule has 0 radical (unpaired) electrons.